The Hall–Kier alpha value is -1.88. The molecule has 22 heavy (non-hydrogen) atoms. The molecular formula is C17H25N3O2. The molecule has 1 unspecified atom stereocenters. The number of allylic oxidation sites excluding steroid dienone is 1. The summed E-state index contributed by atoms with van der Waals surface area (Å²) < 4.78 is 1.51. The maximum atomic E-state index is 11.9. The van der Waals surface area contributed by atoms with Gasteiger partial charge >= 0.3 is 0 Å². The molecule has 0 spiro atoms. The Kier molecular flexibility index (Phi) is 5.55. The number of nitrogens with one attached hydrogen (secondary N) is 1. The van der Waals surface area contributed by atoms with Crippen molar-refractivity contribution in [3.8, 4) is 5.75 Å². The Morgan fingerprint density at radius 2 is 2.27 bits per heavy atom. The molecule has 0 amide bonds. The van der Waals surface area contributed by atoms with Crippen molar-refractivity contribution < 1.29 is 5.11 Å². The largest absolute Gasteiger partial charge is 0.502 e. The zero-order valence-electron chi connectivity index (χ0n) is 13.4. The quantitative estimate of drug-likeness (QED) is 0.812. The third-order valence-corrected chi connectivity index (χ3v) is 4.19. The topological polar surface area (TPSA) is 67.2 Å². The van der Waals surface area contributed by atoms with Crippen LogP contribution in [0.1, 0.15) is 45.4 Å². The highest BCUT2D eigenvalue weighted by Crippen LogP contribution is 2.30. The van der Waals surface area contributed by atoms with E-state index in [0.29, 0.717) is 25.0 Å². The van der Waals surface area contributed by atoms with Gasteiger partial charge in [0.15, 0.2) is 5.75 Å². The first-order chi connectivity index (χ1) is 10.6. The number of aromatic hydroxyl groups is 1. The minimum Gasteiger partial charge on any atom is -0.502 e. The number of hydrogen-bond acceptors (Lipinski definition) is 4. The Balaban J connectivity index is 2.02. The van der Waals surface area contributed by atoms with Crippen LogP contribution in [0.15, 0.2) is 34.8 Å². The highest BCUT2D eigenvalue weighted by Gasteiger charge is 2.22. The highest BCUT2D eigenvalue weighted by molar-refractivity contribution is 5.31. The average Bonchev–Trinajstić information content (AvgIpc) is 2.91. The van der Waals surface area contributed by atoms with Gasteiger partial charge in [-0.2, -0.15) is 0 Å². The van der Waals surface area contributed by atoms with Crippen LogP contribution in [0.5, 0.6) is 5.75 Å². The van der Waals surface area contributed by atoms with Crippen LogP contribution >= 0.6 is 0 Å². The Bertz CT molecular complexity index is 631. The van der Waals surface area contributed by atoms with Gasteiger partial charge in [0.2, 0.25) is 0 Å². The van der Waals surface area contributed by atoms with Crippen LogP contribution in [0, 0.1) is 0 Å². The van der Waals surface area contributed by atoms with E-state index >= 15 is 0 Å². The first-order valence-corrected chi connectivity index (χ1v) is 7.95. The lowest BCUT2D eigenvalue weighted by Gasteiger charge is -2.15. The minimum atomic E-state index is -0.378. The summed E-state index contributed by atoms with van der Waals surface area (Å²) in [5, 5.41) is 12.9. The molecule has 0 aliphatic heterocycles. The van der Waals surface area contributed by atoms with Crippen molar-refractivity contribution in [2.75, 3.05) is 0 Å². The van der Waals surface area contributed by atoms with Gasteiger partial charge in [0.1, 0.15) is 5.82 Å². The third-order valence-electron chi connectivity index (χ3n) is 4.19. The molecule has 0 saturated heterocycles. The molecule has 5 nitrogen and oxygen atoms in total. The number of nitrogens with zero attached hydrogens (tertiary/aromatic N) is 2. The lowest BCUT2D eigenvalue weighted by atomic mass is 10.1. The fraction of sp³-hybridized carbons (Fsp3) is 0.529. The van der Waals surface area contributed by atoms with Crippen molar-refractivity contribution in [2.24, 2.45) is 0 Å². The number of aromatic nitrogens is 2. The Labute approximate surface area is 131 Å². The third kappa shape index (κ3) is 3.47. The van der Waals surface area contributed by atoms with Crippen molar-refractivity contribution in [3.63, 3.8) is 0 Å². The summed E-state index contributed by atoms with van der Waals surface area (Å²) in [5.74, 6) is 0.363. The van der Waals surface area contributed by atoms with E-state index in [1.54, 1.807) is 0 Å². The molecule has 1 aliphatic rings. The molecule has 0 radical (unpaired) electrons. The molecule has 120 valence electrons. The fourth-order valence-corrected chi connectivity index (χ4v) is 3.07. The second-order valence-corrected chi connectivity index (χ2v) is 5.68. The molecule has 2 rings (SSSR count). The van der Waals surface area contributed by atoms with Crippen LogP contribution in [0.25, 0.3) is 0 Å². The molecule has 0 fully saturated rings. The predicted octanol–water partition coefficient (Wildman–Crippen LogP) is 2.50. The average molecular weight is 303 g/mol. The van der Waals surface area contributed by atoms with E-state index in [2.05, 4.69) is 23.8 Å². The molecule has 1 aromatic rings. The number of hydrogen-bond donors (Lipinski definition) is 2. The first-order valence-electron chi connectivity index (χ1n) is 7.95. The van der Waals surface area contributed by atoms with Crippen LogP contribution in [0.2, 0.25) is 0 Å². The van der Waals surface area contributed by atoms with Crippen molar-refractivity contribution >= 4 is 0 Å². The molecular weight excluding hydrogens is 278 g/mol. The molecule has 0 saturated carbocycles. The minimum absolute atomic E-state index is 0.299. The molecule has 1 aliphatic carbocycles. The maximum absolute atomic E-state index is 11.9. The van der Waals surface area contributed by atoms with Crippen molar-refractivity contribution in [1.29, 1.82) is 0 Å². The Morgan fingerprint density at radius 3 is 2.91 bits per heavy atom. The molecule has 1 atom stereocenters. The molecule has 0 bridgehead atoms. The van der Waals surface area contributed by atoms with Crippen molar-refractivity contribution in [3.05, 3.63) is 46.2 Å². The van der Waals surface area contributed by atoms with Gasteiger partial charge in [-0.1, -0.05) is 31.6 Å². The van der Waals surface area contributed by atoms with Crippen molar-refractivity contribution in [1.82, 2.24) is 14.9 Å². The number of rotatable bonds is 7. The van der Waals surface area contributed by atoms with Gasteiger partial charge in [-0.05, 0) is 31.8 Å². The van der Waals surface area contributed by atoms with Gasteiger partial charge in [0, 0.05) is 12.6 Å². The summed E-state index contributed by atoms with van der Waals surface area (Å²) in [6.07, 6.45) is 7.48. The lowest BCUT2D eigenvalue weighted by Crippen LogP contribution is -2.31. The smallest absolute Gasteiger partial charge is 0.295 e. The van der Waals surface area contributed by atoms with E-state index in [1.807, 2.05) is 13.0 Å². The van der Waals surface area contributed by atoms with E-state index in [0.717, 1.165) is 25.7 Å². The van der Waals surface area contributed by atoms with Gasteiger partial charge in [0.05, 0.1) is 12.7 Å². The molecule has 1 aromatic heterocycles. The summed E-state index contributed by atoms with van der Waals surface area (Å²) in [5.41, 5.74) is 2.46. The van der Waals surface area contributed by atoms with E-state index in [9.17, 15) is 9.90 Å². The van der Waals surface area contributed by atoms with Gasteiger partial charge in [-0.15, -0.1) is 0 Å². The van der Waals surface area contributed by atoms with E-state index in [-0.39, 0.29) is 11.3 Å². The van der Waals surface area contributed by atoms with Gasteiger partial charge < -0.3 is 10.4 Å². The highest BCUT2D eigenvalue weighted by atomic mass is 16.3. The predicted molar refractivity (Wildman–Crippen MR) is 87.8 cm³/mol. The van der Waals surface area contributed by atoms with Crippen molar-refractivity contribution in [2.45, 2.75) is 58.7 Å². The fourth-order valence-electron chi connectivity index (χ4n) is 3.07. The van der Waals surface area contributed by atoms with Gasteiger partial charge in [-0.25, -0.2) is 4.98 Å². The maximum Gasteiger partial charge on any atom is 0.295 e. The lowest BCUT2D eigenvalue weighted by molar-refractivity contribution is 0.441. The summed E-state index contributed by atoms with van der Waals surface area (Å²) in [7, 11) is 0. The van der Waals surface area contributed by atoms with E-state index in [1.165, 1.54) is 21.9 Å². The summed E-state index contributed by atoms with van der Waals surface area (Å²) >= 11 is 0. The molecule has 0 aromatic carbocycles. The van der Waals surface area contributed by atoms with Crippen LogP contribution in [0.3, 0.4) is 0 Å². The molecule has 1 heterocycles. The molecule has 2 N–H and O–H groups in total. The van der Waals surface area contributed by atoms with Crippen LogP contribution in [-0.4, -0.2) is 20.7 Å². The van der Waals surface area contributed by atoms with Crippen LogP contribution in [0.4, 0.5) is 0 Å². The normalized spacial score (nSPS) is 18.0. The van der Waals surface area contributed by atoms with Crippen LogP contribution in [-0.2, 0) is 13.1 Å². The zero-order valence-corrected chi connectivity index (χ0v) is 13.4. The molecule has 5 heteroatoms. The van der Waals surface area contributed by atoms with Crippen LogP contribution < -0.4 is 10.9 Å². The Morgan fingerprint density at radius 1 is 1.50 bits per heavy atom. The van der Waals surface area contributed by atoms with Gasteiger partial charge in [-0.3, -0.25) is 9.36 Å². The SMILES string of the molecule is C=CC1=C(CCC)CC(NCc2ncc(O)c(=O)n2CC)C1. The summed E-state index contributed by atoms with van der Waals surface area (Å²) in [6, 6.07) is 0.366. The summed E-state index contributed by atoms with van der Waals surface area (Å²) in [6.45, 7) is 8.99. The van der Waals surface area contributed by atoms with Gasteiger partial charge in [0.25, 0.3) is 5.56 Å². The second-order valence-electron chi connectivity index (χ2n) is 5.68. The van der Waals surface area contributed by atoms with E-state index < -0.39 is 0 Å². The zero-order chi connectivity index (χ0) is 16.1. The first kappa shape index (κ1) is 16.5. The van der Waals surface area contributed by atoms with E-state index in [4.69, 9.17) is 0 Å². The standard InChI is InChI=1S/C17H25N3O2/c1-4-7-13-9-14(8-12(13)5-2)18-11-16-19-10-15(21)17(22)20(16)6-3/h5,10,14,18,21H,2,4,6-9,11H2,1,3H3. The second kappa shape index (κ2) is 7.40. The summed E-state index contributed by atoms with van der Waals surface area (Å²) in [4.78, 5) is 16.1. The monoisotopic (exact) mass is 303 g/mol.